The van der Waals surface area contributed by atoms with Crippen LogP contribution in [0.3, 0.4) is 0 Å². The zero-order chi connectivity index (χ0) is 29.2. The molecule has 4 rings (SSSR count). The van der Waals surface area contributed by atoms with Crippen LogP contribution in [0.15, 0.2) is 57.9 Å². The molecule has 0 amide bonds. The number of aromatic hydroxyl groups is 1. The molecule has 3 aromatic rings. The third-order valence-electron chi connectivity index (χ3n) is 6.68. The van der Waals surface area contributed by atoms with Gasteiger partial charge in [0.1, 0.15) is 42.5 Å². The van der Waals surface area contributed by atoms with Gasteiger partial charge in [0, 0.05) is 6.07 Å². The van der Waals surface area contributed by atoms with Crippen molar-refractivity contribution in [2.24, 2.45) is 0 Å². The van der Waals surface area contributed by atoms with Gasteiger partial charge in [-0.1, -0.05) is 12.1 Å². The summed E-state index contributed by atoms with van der Waals surface area (Å²) in [6.07, 6.45) is -5.60. The Bertz CT molecular complexity index is 1450. The van der Waals surface area contributed by atoms with E-state index < -0.39 is 73.3 Å². The largest absolute Gasteiger partial charge is 0.508 e. The van der Waals surface area contributed by atoms with Gasteiger partial charge in [0.05, 0.1) is 24.2 Å². The summed E-state index contributed by atoms with van der Waals surface area (Å²) in [4.78, 5) is 35.4. The van der Waals surface area contributed by atoms with Crippen LogP contribution in [0.5, 0.6) is 11.5 Å². The molecule has 1 aliphatic heterocycles. The van der Waals surface area contributed by atoms with Gasteiger partial charge in [-0.3, -0.25) is 14.4 Å². The number of hydrogen-bond donors (Lipinski definition) is 7. The highest BCUT2D eigenvalue weighted by Gasteiger charge is 2.65. The van der Waals surface area contributed by atoms with E-state index in [1.807, 2.05) is 0 Å². The Balaban J connectivity index is 1.61. The molecule has 0 spiro atoms. The van der Waals surface area contributed by atoms with Crippen molar-refractivity contribution in [1.29, 1.82) is 0 Å². The molecule has 1 saturated heterocycles. The van der Waals surface area contributed by atoms with Crippen LogP contribution in [0.2, 0.25) is 0 Å². The Kier molecular flexibility index (Phi) is 8.11. The smallest absolute Gasteiger partial charge is 0.317 e. The summed E-state index contributed by atoms with van der Waals surface area (Å²) >= 11 is 0. The highest BCUT2D eigenvalue weighted by Crippen LogP contribution is 2.39. The number of rotatable bonds is 9. The van der Waals surface area contributed by atoms with Crippen LogP contribution in [-0.2, 0) is 19.1 Å². The molecule has 0 radical (unpaired) electrons. The van der Waals surface area contributed by atoms with Crippen molar-refractivity contribution in [3.8, 4) is 22.6 Å². The van der Waals surface area contributed by atoms with Gasteiger partial charge in [-0.25, -0.2) is 0 Å². The molecule has 5 atom stereocenters. The van der Waals surface area contributed by atoms with Gasteiger partial charge in [0.15, 0.2) is 22.7 Å². The number of fused-ring (bicyclic) bond motifs is 1. The lowest BCUT2D eigenvalue weighted by Crippen LogP contribution is -2.78. The van der Waals surface area contributed by atoms with Gasteiger partial charge in [0.25, 0.3) is 0 Å². The Morgan fingerprint density at radius 3 is 2.30 bits per heavy atom. The Labute approximate surface area is 224 Å². The number of ether oxygens (including phenoxy) is 3. The molecule has 214 valence electrons. The topological polar surface area (TPSA) is 234 Å². The van der Waals surface area contributed by atoms with E-state index in [0.717, 1.165) is 0 Å². The average Bonchev–Trinajstić information content (AvgIpc) is 2.93. The molecule has 0 unspecified atom stereocenters. The summed E-state index contributed by atoms with van der Waals surface area (Å²) in [5.41, 5.74) is -5.22. The van der Waals surface area contributed by atoms with Crippen molar-refractivity contribution in [2.45, 2.75) is 36.1 Å². The zero-order valence-corrected chi connectivity index (χ0v) is 20.7. The van der Waals surface area contributed by atoms with Gasteiger partial charge in [-0.05, 0) is 29.8 Å². The van der Waals surface area contributed by atoms with Gasteiger partial charge in [-0.15, -0.1) is 0 Å². The minimum atomic E-state index is -2.85. The second-order valence-electron chi connectivity index (χ2n) is 9.16. The highest BCUT2D eigenvalue weighted by molar-refractivity contribution is 5.90. The van der Waals surface area contributed by atoms with Crippen LogP contribution in [0.4, 0.5) is 0 Å². The number of phenolic OH excluding ortho intramolecular Hbond substituents is 1. The zero-order valence-electron chi connectivity index (χ0n) is 20.7. The lowest BCUT2D eigenvalue weighted by atomic mass is 9.73. The fourth-order valence-electron chi connectivity index (χ4n) is 4.35. The van der Waals surface area contributed by atoms with Crippen molar-refractivity contribution in [3.05, 3.63) is 59.0 Å². The minimum Gasteiger partial charge on any atom is -0.508 e. The summed E-state index contributed by atoms with van der Waals surface area (Å²) < 4.78 is 21.5. The SMILES string of the molecule is O=C(O)CC(=O)OC[C@@H]1O[C@H](Oc2ccc3c(=O)c(-c4ccc(O)cc4)coc3c2)[C@@H](O)[C@@](O)(CO)[C@]1(O)CO. The van der Waals surface area contributed by atoms with Crippen molar-refractivity contribution in [2.75, 3.05) is 19.8 Å². The second kappa shape index (κ2) is 11.2. The summed E-state index contributed by atoms with van der Waals surface area (Å²) in [7, 11) is 0. The van der Waals surface area contributed by atoms with E-state index in [9.17, 15) is 45.0 Å². The van der Waals surface area contributed by atoms with Crippen molar-refractivity contribution in [1.82, 2.24) is 0 Å². The number of hydrogen-bond acceptors (Lipinski definition) is 13. The first-order valence-electron chi connectivity index (χ1n) is 11.8. The van der Waals surface area contributed by atoms with Crippen LogP contribution in [0.1, 0.15) is 6.42 Å². The third-order valence-corrected chi connectivity index (χ3v) is 6.68. The first-order valence-corrected chi connectivity index (χ1v) is 11.8. The quantitative estimate of drug-likeness (QED) is 0.124. The predicted molar refractivity (Wildman–Crippen MR) is 132 cm³/mol. The van der Waals surface area contributed by atoms with E-state index in [1.54, 1.807) is 0 Å². The third kappa shape index (κ3) is 5.23. The predicted octanol–water partition coefficient (Wildman–Crippen LogP) is -0.905. The maximum atomic E-state index is 13.0. The molecule has 0 aliphatic carbocycles. The number of benzene rings is 2. The molecule has 14 nitrogen and oxygen atoms in total. The van der Waals surface area contributed by atoms with Crippen LogP contribution >= 0.6 is 0 Å². The lowest BCUT2D eigenvalue weighted by Gasteiger charge is -2.53. The fourth-order valence-corrected chi connectivity index (χ4v) is 4.35. The summed E-state index contributed by atoms with van der Waals surface area (Å²) in [6, 6.07) is 9.87. The Morgan fingerprint density at radius 2 is 1.68 bits per heavy atom. The maximum Gasteiger partial charge on any atom is 0.317 e. The second-order valence-corrected chi connectivity index (χ2v) is 9.16. The number of phenols is 1. The van der Waals surface area contributed by atoms with Crippen molar-refractivity contribution < 1.29 is 64.0 Å². The molecule has 1 aromatic heterocycles. The molecule has 0 saturated carbocycles. The number of carboxylic acid groups (broad SMARTS) is 1. The monoisotopic (exact) mass is 562 g/mol. The molecule has 2 heterocycles. The molecule has 1 fully saturated rings. The number of esters is 1. The Morgan fingerprint density at radius 1 is 1.00 bits per heavy atom. The van der Waals surface area contributed by atoms with E-state index in [4.69, 9.17) is 23.7 Å². The highest BCUT2D eigenvalue weighted by atomic mass is 16.7. The van der Waals surface area contributed by atoms with Gasteiger partial charge in [-0.2, -0.15) is 0 Å². The first kappa shape index (κ1) is 28.9. The summed E-state index contributed by atoms with van der Waals surface area (Å²) in [6.45, 7) is -3.44. The summed E-state index contributed by atoms with van der Waals surface area (Å²) in [5, 5.41) is 70.7. The van der Waals surface area contributed by atoms with E-state index in [1.165, 1.54) is 48.7 Å². The van der Waals surface area contributed by atoms with Crippen LogP contribution in [-0.4, -0.2) is 97.2 Å². The number of carbonyl (C=O) groups excluding carboxylic acids is 1. The number of carbonyl (C=O) groups is 2. The summed E-state index contributed by atoms with van der Waals surface area (Å²) in [5.74, 6) is -2.74. The Hall–Kier alpha value is -4.05. The van der Waals surface area contributed by atoms with Crippen LogP contribution in [0.25, 0.3) is 22.1 Å². The standard InChI is InChI=1S/C26H26O14/c27-11-25(35)19(10-38-21(32)8-20(30)31)40-24(23(34)26(25,36)12-28)39-15-5-6-16-18(7-15)37-9-17(22(16)33)13-1-3-14(29)4-2-13/h1-7,9,19,23-24,27-29,34-36H,8,10-12H2,(H,30,31)/t19-,23+,24-,25-,26-/m0/s1. The van der Waals surface area contributed by atoms with Gasteiger partial charge < -0.3 is 54.4 Å². The molecule has 2 aromatic carbocycles. The molecule has 7 N–H and O–H groups in total. The number of aliphatic hydroxyl groups excluding tert-OH is 3. The van der Waals surface area contributed by atoms with Crippen LogP contribution < -0.4 is 10.2 Å². The number of carboxylic acids is 1. The maximum absolute atomic E-state index is 13.0. The lowest BCUT2D eigenvalue weighted by molar-refractivity contribution is -0.363. The molecule has 0 bridgehead atoms. The van der Waals surface area contributed by atoms with E-state index in [0.29, 0.717) is 5.56 Å². The van der Waals surface area contributed by atoms with Crippen molar-refractivity contribution >= 4 is 22.9 Å². The van der Waals surface area contributed by atoms with E-state index >= 15 is 0 Å². The van der Waals surface area contributed by atoms with Crippen LogP contribution in [0, 0.1) is 0 Å². The van der Waals surface area contributed by atoms with Gasteiger partial charge in [0.2, 0.25) is 6.29 Å². The first-order chi connectivity index (χ1) is 18.9. The average molecular weight is 562 g/mol. The van der Waals surface area contributed by atoms with Gasteiger partial charge >= 0.3 is 11.9 Å². The van der Waals surface area contributed by atoms with Crippen molar-refractivity contribution in [3.63, 3.8) is 0 Å². The van der Waals surface area contributed by atoms with E-state index in [-0.39, 0.29) is 28.0 Å². The molecule has 40 heavy (non-hydrogen) atoms. The van der Waals surface area contributed by atoms with E-state index in [2.05, 4.69) is 0 Å². The molecule has 14 heteroatoms. The molecular formula is C26H26O14. The molecule has 1 aliphatic rings. The number of aliphatic carboxylic acids is 1. The minimum absolute atomic E-state index is 0.0222. The number of aliphatic hydroxyl groups is 5. The molecular weight excluding hydrogens is 536 g/mol. The normalized spacial score (nSPS) is 26.4. The fraction of sp³-hybridized carbons (Fsp3) is 0.346.